The van der Waals surface area contributed by atoms with Crippen LogP contribution in [-0.2, 0) is 32.6 Å². The summed E-state index contributed by atoms with van der Waals surface area (Å²) in [6, 6.07) is 30.3. The maximum atomic E-state index is 14.5. The molecule has 0 aromatic heterocycles. The highest BCUT2D eigenvalue weighted by atomic mass is 35.5. The van der Waals surface area contributed by atoms with Gasteiger partial charge in [0.2, 0.25) is 11.8 Å². The van der Waals surface area contributed by atoms with E-state index in [0.29, 0.717) is 6.54 Å². The van der Waals surface area contributed by atoms with Crippen LogP contribution in [0.4, 0.5) is 5.69 Å². The average molecular weight is 648 g/mol. The molecule has 1 unspecified atom stereocenters. The fourth-order valence-electron chi connectivity index (χ4n) is 4.93. The molecule has 0 saturated heterocycles. The number of anilines is 1. The summed E-state index contributed by atoms with van der Waals surface area (Å²) in [6.07, 6.45) is 1.92. The van der Waals surface area contributed by atoms with Crippen molar-refractivity contribution in [2.24, 2.45) is 0 Å². The number of halogens is 1. The third-order valence-electron chi connectivity index (χ3n) is 7.32. The molecule has 4 aromatic rings. The minimum absolute atomic E-state index is 0.00687. The molecule has 0 saturated carbocycles. The Labute approximate surface area is 270 Å². The van der Waals surface area contributed by atoms with E-state index in [4.69, 9.17) is 16.3 Å². The number of carbonyl (C=O) groups excluding carboxylic acids is 2. The Balaban J connectivity index is 1.81. The van der Waals surface area contributed by atoms with E-state index in [2.05, 4.69) is 5.32 Å². The predicted molar refractivity (Wildman–Crippen MR) is 178 cm³/mol. The first kappa shape index (κ1) is 33.6. The number of amides is 2. The second-order valence-corrected chi connectivity index (χ2v) is 12.8. The Morgan fingerprint density at radius 1 is 0.867 bits per heavy atom. The number of hydrogen-bond donors (Lipinski definition) is 1. The second-order valence-electron chi connectivity index (χ2n) is 10.5. The predicted octanol–water partition coefficient (Wildman–Crippen LogP) is 6.10. The van der Waals surface area contributed by atoms with E-state index in [-0.39, 0.29) is 40.2 Å². The molecule has 0 spiro atoms. The highest BCUT2D eigenvalue weighted by Gasteiger charge is 2.35. The molecule has 4 aromatic carbocycles. The fourth-order valence-corrected chi connectivity index (χ4v) is 6.54. The SMILES string of the molecule is CCCCNC(=O)C(Cc1ccccc1)N(Cc1ccccc1)C(=O)CN(c1cc(Cl)ccc1OC)S(=O)(=O)c1ccccc1. The van der Waals surface area contributed by atoms with Crippen LogP contribution in [0.3, 0.4) is 0 Å². The van der Waals surface area contributed by atoms with Gasteiger partial charge in [0.05, 0.1) is 17.7 Å². The highest BCUT2D eigenvalue weighted by Crippen LogP contribution is 2.35. The third kappa shape index (κ3) is 8.86. The summed E-state index contributed by atoms with van der Waals surface area (Å²) in [5.41, 5.74) is 1.77. The van der Waals surface area contributed by atoms with Gasteiger partial charge in [0.25, 0.3) is 10.0 Å². The van der Waals surface area contributed by atoms with Crippen molar-refractivity contribution in [1.82, 2.24) is 10.2 Å². The van der Waals surface area contributed by atoms with E-state index < -0.39 is 28.5 Å². The van der Waals surface area contributed by atoms with Gasteiger partial charge >= 0.3 is 0 Å². The normalized spacial score (nSPS) is 11.8. The Morgan fingerprint density at radius 2 is 1.47 bits per heavy atom. The number of sulfonamides is 1. The van der Waals surface area contributed by atoms with Crippen molar-refractivity contribution in [3.05, 3.63) is 125 Å². The van der Waals surface area contributed by atoms with Gasteiger partial charge in [0, 0.05) is 24.5 Å². The number of unbranched alkanes of at least 4 members (excludes halogenated alkanes) is 1. The number of methoxy groups -OCH3 is 1. The van der Waals surface area contributed by atoms with E-state index in [1.807, 2.05) is 67.6 Å². The monoisotopic (exact) mass is 647 g/mol. The molecule has 10 heteroatoms. The van der Waals surface area contributed by atoms with Gasteiger partial charge in [-0.2, -0.15) is 0 Å². The number of rotatable bonds is 15. The zero-order valence-electron chi connectivity index (χ0n) is 25.4. The average Bonchev–Trinajstić information content (AvgIpc) is 3.06. The number of carbonyl (C=O) groups is 2. The van der Waals surface area contributed by atoms with Gasteiger partial charge in [0.15, 0.2) is 0 Å². The fraction of sp³-hybridized carbons (Fsp3) is 0.257. The van der Waals surface area contributed by atoms with E-state index in [1.165, 1.54) is 30.2 Å². The quantitative estimate of drug-likeness (QED) is 0.157. The van der Waals surface area contributed by atoms with Crippen molar-refractivity contribution in [1.29, 1.82) is 0 Å². The van der Waals surface area contributed by atoms with Crippen LogP contribution in [-0.4, -0.2) is 51.4 Å². The summed E-state index contributed by atoms with van der Waals surface area (Å²) in [6.45, 7) is 1.98. The molecule has 8 nitrogen and oxygen atoms in total. The summed E-state index contributed by atoms with van der Waals surface area (Å²) in [7, 11) is -2.86. The molecule has 4 rings (SSSR count). The van der Waals surface area contributed by atoms with Crippen LogP contribution < -0.4 is 14.4 Å². The van der Waals surface area contributed by atoms with Crippen molar-refractivity contribution in [2.75, 3.05) is 24.5 Å². The second kappa shape index (κ2) is 16.1. The Hall–Kier alpha value is -4.34. The Morgan fingerprint density at radius 3 is 2.07 bits per heavy atom. The van der Waals surface area contributed by atoms with Crippen LogP contribution in [0.5, 0.6) is 5.75 Å². The van der Waals surface area contributed by atoms with Crippen molar-refractivity contribution >= 4 is 39.1 Å². The molecule has 45 heavy (non-hydrogen) atoms. The van der Waals surface area contributed by atoms with Crippen molar-refractivity contribution in [2.45, 2.75) is 43.7 Å². The van der Waals surface area contributed by atoms with Gasteiger partial charge in [-0.05, 0) is 47.9 Å². The van der Waals surface area contributed by atoms with Crippen LogP contribution >= 0.6 is 11.6 Å². The molecule has 1 N–H and O–H groups in total. The minimum Gasteiger partial charge on any atom is -0.495 e. The molecule has 0 radical (unpaired) electrons. The molecule has 2 amide bonds. The first-order valence-corrected chi connectivity index (χ1v) is 16.6. The van der Waals surface area contributed by atoms with Crippen molar-refractivity contribution in [3.8, 4) is 5.75 Å². The molecule has 0 aliphatic carbocycles. The van der Waals surface area contributed by atoms with Crippen LogP contribution in [0.2, 0.25) is 5.02 Å². The first-order valence-electron chi connectivity index (χ1n) is 14.8. The standard InChI is InChI=1S/C35H38ClN3O5S/c1-3-4-22-37-35(41)32(23-27-14-8-5-9-15-27)38(25-28-16-10-6-11-17-28)34(40)26-39(31-24-29(36)20-21-33(31)44-2)45(42,43)30-18-12-7-13-19-30/h5-21,24,32H,3-4,22-23,25-26H2,1-2H3,(H,37,41). The van der Waals surface area contributed by atoms with Gasteiger partial charge in [0.1, 0.15) is 18.3 Å². The molecule has 0 aliphatic rings. The number of ether oxygens (including phenoxy) is 1. The van der Waals surface area contributed by atoms with Crippen LogP contribution in [0.15, 0.2) is 114 Å². The zero-order valence-corrected chi connectivity index (χ0v) is 27.0. The van der Waals surface area contributed by atoms with Gasteiger partial charge in [-0.1, -0.05) is 104 Å². The van der Waals surface area contributed by atoms with Crippen LogP contribution in [0.25, 0.3) is 0 Å². The number of nitrogens with one attached hydrogen (secondary N) is 1. The molecular formula is C35H38ClN3O5S. The summed E-state index contributed by atoms with van der Waals surface area (Å²) in [5, 5.41) is 3.26. The lowest BCUT2D eigenvalue weighted by Gasteiger charge is -2.34. The molecule has 0 heterocycles. The Kier molecular flexibility index (Phi) is 12.0. The molecule has 236 valence electrons. The lowest BCUT2D eigenvalue weighted by molar-refractivity contribution is -0.140. The zero-order chi connectivity index (χ0) is 32.2. The van der Waals surface area contributed by atoms with Gasteiger partial charge in [-0.3, -0.25) is 13.9 Å². The maximum absolute atomic E-state index is 14.5. The van der Waals surface area contributed by atoms with Crippen molar-refractivity contribution in [3.63, 3.8) is 0 Å². The lowest BCUT2D eigenvalue weighted by atomic mass is 10.0. The largest absolute Gasteiger partial charge is 0.495 e. The minimum atomic E-state index is -4.28. The first-order chi connectivity index (χ1) is 21.7. The third-order valence-corrected chi connectivity index (χ3v) is 9.33. The molecule has 0 aliphatic heterocycles. The summed E-state index contributed by atoms with van der Waals surface area (Å²) < 4.78 is 34.9. The van der Waals surface area contributed by atoms with Crippen LogP contribution in [0, 0.1) is 0 Å². The topological polar surface area (TPSA) is 96.0 Å². The van der Waals surface area contributed by atoms with Gasteiger partial charge < -0.3 is 15.0 Å². The summed E-state index contributed by atoms with van der Waals surface area (Å²) in [4.78, 5) is 29.8. The van der Waals surface area contributed by atoms with Gasteiger partial charge in [-0.25, -0.2) is 8.42 Å². The number of hydrogen-bond acceptors (Lipinski definition) is 5. The molecule has 0 bridgehead atoms. The van der Waals surface area contributed by atoms with E-state index in [1.54, 1.807) is 30.3 Å². The molecular weight excluding hydrogens is 610 g/mol. The summed E-state index contributed by atoms with van der Waals surface area (Å²) >= 11 is 6.34. The maximum Gasteiger partial charge on any atom is 0.264 e. The Bertz CT molecular complexity index is 1650. The van der Waals surface area contributed by atoms with E-state index >= 15 is 0 Å². The smallest absolute Gasteiger partial charge is 0.264 e. The molecule has 0 fully saturated rings. The number of nitrogens with zero attached hydrogens (tertiary/aromatic N) is 2. The lowest BCUT2D eigenvalue weighted by Crippen LogP contribution is -2.53. The van der Waals surface area contributed by atoms with E-state index in [0.717, 1.165) is 28.3 Å². The molecule has 1 atom stereocenters. The summed E-state index contributed by atoms with van der Waals surface area (Å²) in [5.74, 6) is -0.652. The van der Waals surface area contributed by atoms with Crippen molar-refractivity contribution < 1.29 is 22.7 Å². The highest BCUT2D eigenvalue weighted by molar-refractivity contribution is 7.92. The van der Waals surface area contributed by atoms with E-state index in [9.17, 15) is 18.0 Å². The van der Waals surface area contributed by atoms with Crippen LogP contribution in [0.1, 0.15) is 30.9 Å². The number of benzene rings is 4. The van der Waals surface area contributed by atoms with Gasteiger partial charge in [-0.15, -0.1) is 0 Å².